The molecule has 18 heteroatoms. The zero-order valence-corrected chi connectivity index (χ0v) is 36.0. The highest BCUT2D eigenvalue weighted by atomic mass is 127. The zero-order chi connectivity index (χ0) is 39.1. The smallest absolute Gasteiger partial charge is 0.255 e. The van der Waals surface area contributed by atoms with Crippen LogP contribution in [0, 0.1) is 33.0 Å². The van der Waals surface area contributed by atoms with Crippen molar-refractivity contribution in [1.29, 1.82) is 5.26 Å². The Kier molecular flexibility index (Phi) is 11.4. The lowest BCUT2D eigenvalue weighted by molar-refractivity contribution is -0.138. The van der Waals surface area contributed by atoms with E-state index in [0.29, 0.717) is 40.5 Å². The van der Waals surface area contributed by atoms with Crippen LogP contribution in [0.3, 0.4) is 0 Å². The van der Waals surface area contributed by atoms with Gasteiger partial charge in [0, 0.05) is 42.8 Å². The van der Waals surface area contributed by atoms with Crippen LogP contribution in [0.4, 0.5) is 0 Å². The van der Waals surface area contributed by atoms with Gasteiger partial charge in [0.1, 0.15) is 11.6 Å². The number of thiophene rings is 3. The molecule has 0 aromatic carbocycles. The minimum absolute atomic E-state index is 0.122. The van der Waals surface area contributed by atoms with Crippen LogP contribution in [0.1, 0.15) is 28.1 Å². The number of rotatable bonds is 5. The van der Waals surface area contributed by atoms with Crippen LogP contribution in [-0.2, 0) is 4.79 Å². The number of aryl methyl sites for hydroxylation is 1. The van der Waals surface area contributed by atoms with Gasteiger partial charge in [0.25, 0.3) is 5.91 Å². The van der Waals surface area contributed by atoms with Crippen molar-refractivity contribution < 1.29 is 9.59 Å². The quantitative estimate of drug-likeness (QED) is 0.162. The lowest BCUT2D eigenvalue weighted by Gasteiger charge is -2.37. The van der Waals surface area contributed by atoms with Crippen molar-refractivity contribution in [3.63, 3.8) is 0 Å². The number of amides is 2. The van der Waals surface area contributed by atoms with E-state index in [4.69, 9.17) is 45.0 Å². The Labute approximate surface area is 360 Å². The molecule has 10 rings (SSSR count). The number of aromatic nitrogens is 6. The van der Waals surface area contributed by atoms with Crippen molar-refractivity contribution in [1.82, 2.24) is 40.1 Å². The Morgan fingerprint density at radius 3 is 2.11 bits per heavy atom. The predicted octanol–water partition coefficient (Wildman–Crippen LogP) is 10.2. The van der Waals surface area contributed by atoms with E-state index in [2.05, 4.69) is 65.8 Å². The van der Waals surface area contributed by atoms with Crippen LogP contribution in [0.15, 0.2) is 67.4 Å². The summed E-state index contributed by atoms with van der Waals surface area (Å²) < 4.78 is 4.26. The summed E-state index contributed by atoms with van der Waals surface area (Å²) >= 11 is 25.3. The number of carbonyl (C=O) groups is 2. The van der Waals surface area contributed by atoms with E-state index in [1.165, 1.54) is 19.1 Å². The minimum Gasteiger partial charge on any atom is -0.344 e. The van der Waals surface area contributed by atoms with E-state index in [0.717, 1.165) is 58.4 Å². The van der Waals surface area contributed by atoms with Crippen molar-refractivity contribution in [2.24, 2.45) is 11.8 Å². The standard InChI is InChI=1S/C23H18ClN7O2S.C8H6ClNS.C7H3ClINS/c24-14-3-4-26-15-5-17(34-20(14)15)16-8-28-21-19(29-16)13(7-27-21)22(32)30-18(12-1-2-12)23(33)31-9-11(6-25)10-31;1-5-4-7-8(11-5)6(9)2-3-10-7;8-4-1-2-10-5-3-6(9)11-7(4)5/h3-5,7-8,11-12,18H,1-2,9-10H2,(H,27,28)(H,30,32);2-4H,1H3;1-3H/t18-;;/m1../s1. The molecule has 2 aliphatic rings. The topological polar surface area (TPSA) is 153 Å². The molecule has 1 saturated carbocycles. The number of hydrogen-bond acceptors (Lipinski definition) is 11. The fourth-order valence-corrected chi connectivity index (χ4v) is 10.4. The maximum absolute atomic E-state index is 13.2. The minimum atomic E-state index is -0.593. The average molecular weight is 971 g/mol. The lowest BCUT2D eigenvalue weighted by atomic mass is 9.99. The van der Waals surface area contributed by atoms with Gasteiger partial charge in [-0.2, -0.15) is 5.26 Å². The molecule has 2 amide bonds. The number of nitriles is 1. The number of nitrogens with one attached hydrogen (secondary N) is 2. The van der Waals surface area contributed by atoms with E-state index in [1.807, 2.05) is 30.3 Å². The normalized spacial score (nSPS) is 14.5. The molecule has 8 aromatic heterocycles. The van der Waals surface area contributed by atoms with Crippen LogP contribution < -0.4 is 5.32 Å². The maximum Gasteiger partial charge on any atom is 0.255 e. The van der Waals surface area contributed by atoms with E-state index >= 15 is 0 Å². The number of likely N-dealkylation sites (tertiary alicyclic amines) is 1. The van der Waals surface area contributed by atoms with Crippen molar-refractivity contribution in [3.05, 3.63) is 95.8 Å². The second kappa shape index (κ2) is 16.5. The number of nitrogens with zero attached hydrogens (tertiary/aromatic N) is 7. The Morgan fingerprint density at radius 2 is 1.52 bits per heavy atom. The first kappa shape index (κ1) is 38.8. The summed E-state index contributed by atoms with van der Waals surface area (Å²) in [5, 5.41) is 14.1. The molecule has 9 heterocycles. The third-order valence-electron chi connectivity index (χ3n) is 9.08. The fraction of sp³-hybridized carbons (Fsp3) is 0.211. The third-order valence-corrected chi connectivity index (χ3v) is 14.5. The van der Waals surface area contributed by atoms with Crippen LogP contribution in [0.5, 0.6) is 0 Å². The molecule has 1 aliphatic carbocycles. The number of H-pyrrole nitrogens is 1. The van der Waals surface area contributed by atoms with Crippen molar-refractivity contribution >= 4 is 145 Å². The monoisotopic (exact) mass is 969 g/mol. The van der Waals surface area contributed by atoms with Crippen LogP contribution in [0.25, 0.3) is 52.4 Å². The molecule has 8 aromatic rings. The zero-order valence-electron chi connectivity index (χ0n) is 29.1. The van der Waals surface area contributed by atoms with Gasteiger partial charge in [0.05, 0.1) is 82.9 Å². The van der Waals surface area contributed by atoms with Crippen LogP contribution >= 0.6 is 91.4 Å². The second-order valence-corrected chi connectivity index (χ2v) is 19.5. The van der Waals surface area contributed by atoms with Gasteiger partial charge in [-0.05, 0) is 84.7 Å². The Balaban J connectivity index is 0.000000161. The highest BCUT2D eigenvalue weighted by molar-refractivity contribution is 14.1. The summed E-state index contributed by atoms with van der Waals surface area (Å²) in [7, 11) is 0. The highest BCUT2D eigenvalue weighted by Crippen LogP contribution is 2.37. The van der Waals surface area contributed by atoms with Gasteiger partial charge in [-0.1, -0.05) is 34.8 Å². The molecule has 2 fully saturated rings. The molecular weight excluding hydrogens is 944 g/mol. The SMILES string of the molecule is Cc1cc2nccc(Cl)c2s1.Clc1ccnc2cc(I)sc12.N#CC1CN(C(=O)[C@H](NC(=O)c2c[nH]c3ncc(-c4cc5nccc(Cl)c5s4)nc23)C2CC2)C1. The lowest BCUT2D eigenvalue weighted by Crippen LogP contribution is -2.57. The summed E-state index contributed by atoms with van der Waals surface area (Å²) in [6.07, 6.45) is 10.1. The molecule has 11 nitrogen and oxygen atoms in total. The van der Waals surface area contributed by atoms with E-state index in [1.54, 1.807) is 64.6 Å². The number of pyridine rings is 3. The number of fused-ring (bicyclic) bond motifs is 4. The second-order valence-electron chi connectivity index (χ2n) is 13.1. The molecule has 0 spiro atoms. The molecule has 2 N–H and O–H groups in total. The van der Waals surface area contributed by atoms with Gasteiger partial charge < -0.3 is 15.2 Å². The highest BCUT2D eigenvalue weighted by Gasteiger charge is 2.43. The Bertz CT molecular complexity index is 2750. The van der Waals surface area contributed by atoms with Crippen LogP contribution in [0.2, 0.25) is 15.1 Å². The van der Waals surface area contributed by atoms with Gasteiger partial charge in [-0.15, -0.1) is 34.0 Å². The Morgan fingerprint density at radius 1 is 0.911 bits per heavy atom. The number of hydrogen-bond donors (Lipinski definition) is 2. The molecule has 1 atom stereocenters. The Hall–Kier alpha value is -4.02. The van der Waals surface area contributed by atoms with E-state index in [-0.39, 0.29) is 23.7 Å². The average Bonchev–Trinajstić information content (AvgIpc) is 3.45. The molecule has 0 bridgehead atoms. The predicted molar refractivity (Wildman–Crippen MR) is 234 cm³/mol. The molecule has 282 valence electrons. The summed E-state index contributed by atoms with van der Waals surface area (Å²) in [5.74, 6) is -0.494. The van der Waals surface area contributed by atoms with Crippen molar-refractivity contribution in [3.8, 4) is 16.6 Å². The van der Waals surface area contributed by atoms with E-state index in [9.17, 15) is 9.59 Å². The number of aromatic amines is 1. The molecule has 1 aliphatic heterocycles. The molecule has 1 saturated heterocycles. The van der Waals surface area contributed by atoms with Gasteiger partial charge in [0.15, 0.2) is 5.65 Å². The van der Waals surface area contributed by atoms with Gasteiger partial charge in [-0.25, -0.2) is 9.97 Å². The summed E-state index contributed by atoms with van der Waals surface area (Å²) in [4.78, 5) is 54.7. The number of halogens is 4. The molecule has 0 unspecified atom stereocenters. The van der Waals surface area contributed by atoms with Gasteiger partial charge in [0.2, 0.25) is 5.91 Å². The third kappa shape index (κ3) is 8.19. The first-order chi connectivity index (χ1) is 27.1. The summed E-state index contributed by atoms with van der Waals surface area (Å²) in [6, 6.07) is 12.9. The summed E-state index contributed by atoms with van der Waals surface area (Å²) in [6.45, 7) is 2.90. The largest absolute Gasteiger partial charge is 0.344 e. The van der Waals surface area contributed by atoms with Crippen molar-refractivity contribution in [2.75, 3.05) is 13.1 Å². The first-order valence-corrected chi connectivity index (χ1v) is 21.8. The van der Waals surface area contributed by atoms with Crippen molar-refractivity contribution in [2.45, 2.75) is 25.8 Å². The van der Waals surface area contributed by atoms with E-state index < -0.39 is 6.04 Å². The molecule has 56 heavy (non-hydrogen) atoms. The molecular formula is C38H27Cl3IN9O2S3. The summed E-state index contributed by atoms with van der Waals surface area (Å²) in [5.41, 5.74) is 4.63. The van der Waals surface area contributed by atoms with Gasteiger partial charge in [-0.3, -0.25) is 24.5 Å². The first-order valence-electron chi connectivity index (χ1n) is 17.1. The van der Waals surface area contributed by atoms with Crippen LogP contribution in [-0.4, -0.2) is 65.7 Å². The molecule has 0 radical (unpaired) electrons. The fourth-order valence-electron chi connectivity index (χ4n) is 6.09. The van der Waals surface area contributed by atoms with Gasteiger partial charge >= 0.3 is 0 Å². The number of carbonyl (C=O) groups excluding carboxylic acids is 2. The maximum atomic E-state index is 13.2.